The summed E-state index contributed by atoms with van der Waals surface area (Å²) in [4.78, 5) is 27.1. The van der Waals surface area contributed by atoms with Gasteiger partial charge in [0.25, 0.3) is 5.76 Å². The van der Waals surface area contributed by atoms with Crippen LogP contribution in [0.3, 0.4) is 0 Å². The fraction of sp³-hybridized carbons (Fsp3) is 0.241. The Labute approximate surface area is 226 Å². The molecule has 0 saturated heterocycles. The highest BCUT2D eigenvalue weighted by molar-refractivity contribution is 5.89. The lowest BCUT2D eigenvalue weighted by Gasteiger charge is -2.29. The van der Waals surface area contributed by atoms with E-state index in [0.717, 1.165) is 5.56 Å². The number of fused-ring (bicyclic) bond motifs is 3. The first-order valence-corrected chi connectivity index (χ1v) is 12.3. The van der Waals surface area contributed by atoms with Crippen LogP contribution in [0.5, 0.6) is 23.0 Å². The summed E-state index contributed by atoms with van der Waals surface area (Å²) in [5.74, 6) is -2.22. The van der Waals surface area contributed by atoms with Crippen LogP contribution < -0.4 is 19.6 Å². The molecule has 0 amide bonds. The van der Waals surface area contributed by atoms with E-state index in [1.807, 2.05) is 29.2 Å². The number of rotatable bonds is 7. The molecule has 4 aromatic rings. The molecule has 5 rings (SSSR count). The predicted molar refractivity (Wildman–Crippen MR) is 138 cm³/mol. The van der Waals surface area contributed by atoms with E-state index in [1.54, 1.807) is 14.0 Å². The maximum Gasteiger partial charge on any atom is 0.453 e. The molecule has 1 aliphatic rings. The van der Waals surface area contributed by atoms with Crippen LogP contribution in [0.4, 0.5) is 13.2 Å². The molecule has 40 heavy (non-hydrogen) atoms. The first kappa shape index (κ1) is 27.1. The largest absolute Gasteiger partial charge is 0.497 e. The van der Waals surface area contributed by atoms with Gasteiger partial charge in [-0.3, -0.25) is 9.69 Å². The number of esters is 1. The number of benzene rings is 3. The minimum Gasteiger partial charge on any atom is -0.497 e. The highest BCUT2D eigenvalue weighted by atomic mass is 19.4. The molecular weight excluding hydrogens is 531 g/mol. The summed E-state index contributed by atoms with van der Waals surface area (Å²) in [5.41, 5.74) is 0.236. The molecule has 0 bridgehead atoms. The van der Waals surface area contributed by atoms with Crippen molar-refractivity contribution in [1.82, 2.24) is 4.90 Å². The van der Waals surface area contributed by atoms with Crippen molar-refractivity contribution >= 4 is 16.9 Å². The number of halogens is 3. The predicted octanol–water partition coefficient (Wildman–Crippen LogP) is 6.14. The summed E-state index contributed by atoms with van der Waals surface area (Å²) in [6.07, 6.45) is -5.03. The molecule has 11 heteroatoms. The number of nitrogens with zero attached hydrogens (tertiary/aromatic N) is 1. The Hall–Kier alpha value is -4.51. The Morgan fingerprint density at radius 1 is 1.00 bits per heavy atom. The number of carbonyl (C=O) groups excluding carboxylic acids is 1. The molecule has 208 valence electrons. The fourth-order valence-corrected chi connectivity index (χ4v) is 4.36. The Kier molecular flexibility index (Phi) is 7.40. The van der Waals surface area contributed by atoms with Gasteiger partial charge in [0.2, 0.25) is 11.2 Å². The van der Waals surface area contributed by atoms with E-state index in [0.29, 0.717) is 23.6 Å². The topological polar surface area (TPSA) is 87.4 Å². The minimum absolute atomic E-state index is 0.0835. The Bertz CT molecular complexity index is 1600. The van der Waals surface area contributed by atoms with E-state index in [9.17, 15) is 22.8 Å². The van der Waals surface area contributed by atoms with Crippen LogP contribution in [0.25, 0.3) is 11.0 Å². The zero-order valence-corrected chi connectivity index (χ0v) is 21.5. The monoisotopic (exact) mass is 555 g/mol. The zero-order valence-electron chi connectivity index (χ0n) is 21.5. The third-order valence-corrected chi connectivity index (χ3v) is 6.27. The molecule has 0 aliphatic carbocycles. The van der Waals surface area contributed by atoms with Gasteiger partial charge in [-0.05, 0) is 61.0 Å². The standard InChI is InChI=1S/C29H24F3NO7/c1-3-37-28(35)18-6-10-20(11-7-18)39-26-24(34)21-12-13-23-22(25(21)40-27(26)29(30,31)32)15-33(16-38-23)14-17-4-8-19(36-2)9-5-17/h4-13H,3,14-16H2,1-2H3. The summed E-state index contributed by atoms with van der Waals surface area (Å²) in [5, 5.41) is -0.0835. The Balaban J connectivity index is 1.50. The van der Waals surface area contributed by atoms with Crippen molar-refractivity contribution in [3.05, 3.63) is 93.3 Å². The second-order valence-corrected chi connectivity index (χ2v) is 8.96. The molecule has 0 N–H and O–H groups in total. The van der Waals surface area contributed by atoms with Crippen LogP contribution in [0, 0.1) is 0 Å². The van der Waals surface area contributed by atoms with Gasteiger partial charge in [-0.1, -0.05) is 12.1 Å². The summed E-state index contributed by atoms with van der Waals surface area (Å²) >= 11 is 0. The zero-order chi connectivity index (χ0) is 28.4. The van der Waals surface area contributed by atoms with Gasteiger partial charge in [-0.25, -0.2) is 4.79 Å². The normalized spacial score (nSPS) is 13.4. The molecule has 0 saturated carbocycles. The fourth-order valence-electron chi connectivity index (χ4n) is 4.36. The third-order valence-electron chi connectivity index (χ3n) is 6.27. The van der Waals surface area contributed by atoms with Gasteiger partial charge >= 0.3 is 12.1 Å². The second-order valence-electron chi connectivity index (χ2n) is 8.96. The number of carbonyl (C=O) groups is 1. The molecule has 0 radical (unpaired) electrons. The van der Waals surface area contributed by atoms with Gasteiger partial charge in [-0.2, -0.15) is 13.2 Å². The number of alkyl halides is 3. The summed E-state index contributed by atoms with van der Waals surface area (Å²) in [7, 11) is 1.57. The van der Waals surface area contributed by atoms with Crippen LogP contribution in [0.15, 0.2) is 69.9 Å². The number of hydrogen-bond acceptors (Lipinski definition) is 8. The summed E-state index contributed by atoms with van der Waals surface area (Å²) < 4.78 is 69.1. The van der Waals surface area contributed by atoms with Crippen LogP contribution in [0.1, 0.15) is 34.2 Å². The number of ether oxygens (including phenoxy) is 4. The van der Waals surface area contributed by atoms with Gasteiger partial charge in [0.1, 0.15) is 29.6 Å². The first-order chi connectivity index (χ1) is 19.2. The van der Waals surface area contributed by atoms with E-state index in [2.05, 4.69) is 0 Å². The average molecular weight is 556 g/mol. The molecule has 1 aromatic heterocycles. The smallest absolute Gasteiger partial charge is 0.453 e. The van der Waals surface area contributed by atoms with Gasteiger partial charge in [0.15, 0.2) is 0 Å². The van der Waals surface area contributed by atoms with Crippen LogP contribution in [-0.2, 0) is 24.0 Å². The molecule has 1 aliphatic heterocycles. The van der Waals surface area contributed by atoms with E-state index in [1.165, 1.54) is 36.4 Å². The molecule has 0 fully saturated rings. The van der Waals surface area contributed by atoms with Crippen molar-refractivity contribution in [2.75, 3.05) is 20.4 Å². The molecule has 8 nitrogen and oxygen atoms in total. The van der Waals surface area contributed by atoms with Crippen LogP contribution in [0.2, 0.25) is 0 Å². The third kappa shape index (κ3) is 5.46. The highest BCUT2D eigenvalue weighted by Gasteiger charge is 2.41. The molecule has 3 aromatic carbocycles. The van der Waals surface area contributed by atoms with E-state index in [-0.39, 0.29) is 42.2 Å². The number of methoxy groups -OCH3 is 1. The van der Waals surface area contributed by atoms with Crippen molar-refractivity contribution in [2.45, 2.75) is 26.2 Å². The van der Waals surface area contributed by atoms with E-state index < -0.39 is 29.1 Å². The second kappa shape index (κ2) is 10.9. The molecule has 0 spiro atoms. The highest BCUT2D eigenvalue weighted by Crippen LogP contribution is 2.41. The van der Waals surface area contributed by atoms with Crippen molar-refractivity contribution in [2.24, 2.45) is 0 Å². The van der Waals surface area contributed by atoms with Gasteiger partial charge < -0.3 is 23.4 Å². The Morgan fingerprint density at radius 2 is 1.70 bits per heavy atom. The quantitative estimate of drug-likeness (QED) is 0.251. The van der Waals surface area contributed by atoms with Gasteiger partial charge in [0, 0.05) is 13.1 Å². The van der Waals surface area contributed by atoms with Crippen molar-refractivity contribution in [3.8, 4) is 23.0 Å². The molecule has 2 heterocycles. The van der Waals surface area contributed by atoms with Crippen molar-refractivity contribution in [1.29, 1.82) is 0 Å². The number of hydrogen-bond donors (Lipinski definition) is 0. The Morgan fingerprint density at radius 3 is 2.35 bits per heavy atom. The summed E-state index contributed by atoms with van der Waals surface area (Å²) in [6.45, 7) is 2.64. The minimum atomic E-state index is -5.03. The lowest BCUT2D eigenvalue weighted by atomic mass is 10.1. The van der Waals surface area contributed by atoms with Gasteiger partial charge in [-0.15, -0.1) is 0 Å². The van der Waals surface area contributed by atoms with Crippen molar-refractivity contribution < 1.29 is 41.3 Å². The van der Waals surface area contributed by atoms with Crippen LogP contribution in [-0.4, -0.2) is 31.3 Å². The van der Waals surface area contributed by atoms with Crippen LogP contribution >= 0.6 is 0 Å². The van der Waals surface area contributed by atoms with Gasteiger partial charge in [0.05, 0.1) is 30.2 Å². The van der Waals surface area contributed by atoms with E-state index >= 15 is 0 Å². The van der Waals surface area contributed by atoms with E-state index in [4.69, 9.17) is 23.4 Å². The summed E-state index contributed by atoms with van der Waals surface area (Å²) in [6, 6.07) is 15.5. The SMILES string of the molecule is CCOC(=O)c1ccc(Oc2c(C(F)(F)F)oc3c4c(ccc3c2=O)OCN(Cc2ccc(OC)cc2)C4)cc1. The molecule has 0 atom stereocenters. The first-order valence-electron chi connectivity index (χ1n) is 12.3. The maximum absolute atomic E-state index is 14.1. The lowest BCUT2D eigenvalue weighted by molar-refractivity contribution is -0.154. The molecular formula is C29H24F3NO7. The molecule has 0 unspecified atom stereocenters. The maximum atomic E-state index is 14.1. The average Bonchev–Trinajstić information content (AvgIpc) is 2.94. The lowest BCUT2D eigenvalue weighted by Crippen LogP contribution is -2.32. The van der Waals surface area contributed by atoms with Crippen molar-refractivity contribution in [3.63, 3.8) is 0 Å².